The van der Waals surface area contributed by atoms with E-state index in [1.54, 1.807) is 12.5 Å². The Bertz CT molecular complexity index is 2170. The Morgan fingerprint density at radius 3 is 1.70 bits per heavy atom. The van der Waals surface area contributed by atoms with Crippen molar-refractivity contribution in [2.45, 2.75) is 0 Å². The number of nitrogens with zero attached hydrogens (tertiary/aromatic N) is 5. The van der Waals surface area contributed by atoms with Crippen molar-refractivity contribution in [1.82, 2.24) is 24.9 Å². The Kier molecular flexibility index (Phi) is 6.01. The highest BCUT2D eigenvalue weighted by Gasteiger charge is 2.15. The molecule has 0 aliphatic rings. The minimum Gasteiger partial charge on any atom is -0.452 e. The summed E-state index contributed by atoms with van der Waals surface area (Å²) >= 11 is 0. The highest BCUT2D eigenvalue weighted by Crippen LogP contribution is 2.36. The van der Waals surface area contributed by atoms with Crippen LogP contribution in [0.2, 0.25) is 0 Å². The summed E-state index contributed by atoms with van der Waals surface area (Å²) in [5.74, 6) is 1.92. The summed E-state index contributed by atoms with van der Waals surface area (Å²) in [5.41, 5.74) is 9.40. The summed E-state index contributed by atoms with van der Waals surface area (Å²) in [7, 11) is 0. The minimum atomic E-state index is 0.632. The van der Waals surface area contributed by atoms with Gasteiger partial charge in [0.1, 0.15) is 17.4 Å². The summed E-state index contributed by atoms with van der Waals surface area (Å²) in [6, 6.07) is 43.0. The van der Waals surface area contributed by atoms with Crippen LogP contribution >= 0.6 is 0 Å². The number of furan rings is 1. The maximum absolute atomic E-state index is 6.19. The molecule has 0 aliphatic carbocycles. The molecular formula is C37H23N5O. The van der Waals surface area contributed by atoms with Gasteiger partial charge >= 0.3 is 0 Å². The topological polar surface area (TPSA) is 77.6 Å². The Hall–Kier alpha value is -6.01. The molecule has 202 valence electrons. The third-order valence-corrected chi connectivity index (χ3v) is 7.51. The summed E-state index contributed by atoms with van der Waals surface area (Å²) in [6.45, 7) is 0. The molecule has 0 saturated heterocycles. The molecule has 43 heavy (non-hydrogen) atoms. The molecule has 3 heterocycles. The van der Waals surface area contributed by atoms with Crippen LogP contribution in [0.1, 0.15) is 0 Å². The van der Waals surface area contributed by atoms with Gasteiger partial charge in [-0.05, 0) is 28.8 Å². The van der Waals surface area contributed by atoms with E-state index in [0.717, 1.165) is 55.4 Å². The monoisotopic (exact) mass is 553 g/mol. The molecular weight excluding hydrogens is 530 g/mol. The Morgan fingerprint density at radius 1 is 0.465 bits per heavy atom. The summed E-state index contributed by atoms with van der Waals surface area (Å²) in [6.07, 6.45) is 3.26. The van der Waals surface area contributed by atoms with Gasteiger partial charge in [-0.25, -0.2) is 24.9 Å². The van der Waals surface area contributed by atoms with E-state index in [2.05, 4.69) is 64.6 Å². The number of benzene rings is 5. The zero-order valence-electron chi connectivity index (χ0n) is 22.9. The van der Waals surface area contributed by atoms with Gasteiger partial charge in [-0.3, -0.25) is 0 Å². The number of rotatable bonds is 5. The maximum atomic E-state index is 6.19. The molecule has 3 aromatic heterocycles. The smallest absolute Gasteiger partial charge is 0.172 e. The van der Waals surface area contributed by atoms with Crippen LogP contribution < -0.4 is 0 Å². The highest BCUT2D eigenvalue weighted by atomic mass is 16.3. The van der Waals surface area contributed by atoms with E-state index >= 15 is 0 Å². The van der Waals surface area contributed by atoms with E-state index in [-0.39, 0.29) is 0 Å². The fourth-order valence-corrected chi connectivity index (χ4v) is 5.38. The van der Waals surface area contributed by atoms with Gasteiger partial charge in [0.2, 0.25) is 0 Å². The van der Waals surface area contributed by atoms with E-state index in [0.29, 0.717) is 23.1 Å². The van der Waals surface area contributed by atoms with Gasteiger partial charge in [-0.1, -0.05) is 115 Å². The van der Waals surface area contributed by atoms with Gasteiger partial charge in [0.15, 0.2) is 23.1 Å². The van der Waals surface area contributed by atoms with Crippen molar-refractivity contribution in [3.63, 3.8) is 0 Å². The molecule has 6 nitrogen and oxygen atoms in total. The van der Waals surface area contributed by atoms with Crippen molar-refractivity contribution in [2.75, 3.05) is 0 Å². The van der Waals surface area contributed by atoms with Crippen LogP contribution in [0.15, 0.2) is 144 Å². The van der Waals surface area contributed by atoms with Crippen molar-refractivity contribution in [3.8, 4) is 56.4 Å². The Labute approximate surface area is 247 Å². The van der Waals surface area contributed by atoms with Crippen LogP contribution in [0.5, 0.6) is 0 Å². The van der Waals surface area contributed by atoms with Crippen molar-refractivity contribution in [1.29, 1.82) is 0 Å². The Morgan fingerprint density at radius 2 is 1.02 bits per heavy atom. The van der Waals surface area contributed by atoms with Crippen molar-refractivity contribution in [3.05, 3.63) is 140 Å². The number of fused-ring (bicyclic) bond motifs is 3. The lowest BCUT2D eigenvalue weighted by Gasteiger charge is -2.10. The summed E-state index contributed by atoms with van der Waals surface area (Å²) in [4.78, 5) is 23.1. The Balaban J connectivity index is 1.17. The van der Waals surface area contributed by atoms with Crippen LogP contribution in [0, 0.1) is 0 Å². The molecule has 0 unspecified atom stereocenters. The number of aromatic nitrogens is 5. The van der Waals surface area contributed by atoms with Gasteiger partial charge in [0, 0.05) is 27.6 Å². The molecule has 8 aromatic rings. The fourth-order valence-electron chi connectivity index (χ4n) is 5.38. The first-order chi connectivity index (χ1) is 21.3. The van der Waals surface area contributed by atoms with Crippen LogP contribution in [-0.2, 0) is 0 Å². The normalized spacial score (nSPS) is 11.3. The lowest BCUT2D eigenvalue weighted by molar-refractivity contribution is 0.666. The first-order valence-corrected chi connectivity index (χ1v) is 14.0. The standard InChI is InChI=1S/C37H23N5O/c1-3-9-25(10-4-1)35-40-36(26-11-5-2-6-12-26)42-37(41-35)27-19-17-24(18-20-27)28-13-7-14-29(21-28)30-15-8-16-31-33-32(43-34(30)31)22-38-23-39-33/h1-23H. The zero-order chi connectivity index (χ0) is 28.6. The average Bonchev–Trinajstić information content (AvgIpc) is 3.48. The second-order valence-corrected chi connectivity index (χ2v) is 10.2. The predicted molar refractivity (Wildman–Crippen MR) is 170 cm³/mol. The van der Waals surface area contributed by atoms with Gasteiger partial charge in [0.25, 0.3) is 0 Å². The molecule has 0 N–H and O–H groups in total. The molecule has 6 heteroatoms. The molecule has 0 fully saturated rings. The van der Waals surface area contributed by atoms with Crippen LogP contribution in [-0.4, -0.2) is 24.9 Å². The van der Waals surface area contributed by atoms with Crippen LogP contribution in [0.3, 0.4) is 0 Å². The largest absolute Gasteiger partial charge is 0.452 e. The second kappa shape index (κ2) is 10.4. The molecule has 0 aliphatic heterocycles. The second-order valence-electron chi connectivity index (χ2n) is 10.2. The summed E-state index contributed by atoms with van der Waals surface area (Å²) < 4.78 is 6.19. The molecule has 0 radical (unpaired) electrons. The van der Waals surface area contributed by atoms with Crippen molar-refractivity contribution in [2.24, 2.45) is 0 Å². The van der Waals surface area contributed by atoms with Gasteiger partial charge in [0.05, 0.1) is 6.20 Å². The zero-order valence-corrected chi connectivity index (χ0v) is 22.9. The minimum absolute atomic E-state index is 0.632. The quantitative estimate of drug-likeness (QED) is 0.212. The third-order valence-electron chi connectivity index (χ3n) is 7.51. The van der Waals surface area contributed by atoms with Gasteiger partial charge in [-0.2, -0.15) is 0 Å². The lowest BCUT2D eigenvalue weighted by Crippen LogP contribution is -2.00. The molecule has 0 bridgehead atoms. The van der Waals surface area contributed by atoms with Crippen molar-refractivity contribution >= 4 is 22.1 Å². The molecule has 0 spiro atoms. The highest BCUT2D eigenvalue weighted by molar-refractivity contribution is 6.07. The van der Waals surface area contributed by atoms with Crippen molar-refractivity contribution < 1.29 is 4.42 Å². The molecule has 0 saturated carbocycles. The molecule has 0 amide bonds. The fraction of sp³-hybridized carbons (Fsp3) is 0. The molecule has 8 rings (SSSR count). The number of hydrogen-bond acceptors (Lipinski definition) is 6. The van der Waals surface area contributed by atoms with Gasteiger partial charge < -0.3 is 4.42 Å². The van der Waals surface area contributed by atoms with Crippen LogP contribution in [0.4, 0.5) is 0 Å². The first-order valence-electron chi connectivity index (χ1n) is 14.0. The van der Waals surface area contributed by atoms with E-state index < -0.39 is 0 Å². The van der Waals surface area contributed by atoms with E-state index in [1.807, 2.05) is 72.8 Å². The van der Waals surface area contributed by atoms with E-state index in [4.69, 9.17) is 19.4 Å². The lowest BCUT2D eigenvalue weighted by atomic mass is 9.97. The predicted octanol–water partition coefficient (Wildman–Crippen LogP) is 8.90. The number of hydrogen-bond donors (Lipinski definition) is 0. The van der Waals surface area contributed by atoms with E-state index in [9.17, 15) is 0 Å². The van der Waals surface area contributed by atoms with E-state index in [1.165, 1.54) is 0 Å². The average molecular weight is 554 g/mol. The third kappa shape index (κ3) is 4.61. The molecule has 0 atom stereocenters. The molecule has 5 aromatic carbocycles. The van der Waals surface area contributed by atoms with Gasteiger partial charge in [-0.15, -0.1) is 0 Å². The SMILES string of the molecule is c1ccc(-c2nc(-c3ccccc3)nc(-c3ccc(-c4cccc(-c5cccc6c5oc5cncnc56)c4)cc3)n2)cc1. The number of para-hydroxylation sites is 1. The maximum Gasteiger partial charge on any atom is 0.172 e. The first kappa shape index (κ1) is 24.8. The summed E-state index contributed by atoms with van der Waals surface area (Å²) in [5, 5.41) is 0.978. The van der Waals surface area contributed by atoms with Crippen LogP contribution in [0.25, 0.3) is 78.5 Å².